The maximum Gasteiger partial charge on any atom is 0.177 e. The summed E-state index contributed by atoms with van der Waals surface area (Å²) in [5.41, 5.74) is 1.40. The summed E-state index contributed by atoms with van der Waals surface area (Å²) in [4.78, 5) is 3.14. The molecule has 0 amide bonds. The highest BCUT2D eigenvalue weighted by Gasteiger charge is 2.22. The molecule has 0 radical (unpaired) electrons. The van der Waals surface area contributed by atoms with E-state index in [1.165, 1.54) is 5.69 Å². The second-order valence-corrected chi connectivity index (χ2v) is 5.06. The van der Waals surface area contributed by atoms with Gasteiger partial charge in [0, 0.05) is 17.4 Å². The molecule has 1 rings (SSSR count). The fourth-order valence-electron chi connectivity index (χ4n) is 1.59. The number of hydrogen-bond donors (Lipinski definition) is 1. The van der Waals surface area contributed by atoms with E-state index in [9.17, 15) is 0 Å². The molecular formula is C11H20N2S. The Morgan fingerprint density at radius 2 is 2.07 bits per heavy atom. The summed E-state index contributed by atoms with van der Waals surface area (Å²) in [6.07, 6.45) is 3.11. The molecule has 0 aliphatic carbocycles. The predicted molar refractivity (Wildman–Crippen MR) is 63.3 cm³/mol. The van der Waals surface area contributed by atoms with Gasteiger partial charge in [0.1, 0.15) is 0 Å². The molecule has 1 heterocycles. The Morgan fingerprint density at radius 3 is 2.50 bits per heavy atom. The van der Waals surface area contributed by atoms with Crippen molar-refractivity contribution in [2.24, 2.45) is 0 Å². The third-order valence-electron chi connectivity index (χ3n) is 2.87. The minimum atomic E-state index is 0.108. The molecule has 0 fully saturated rings. The number of hydrogen-bond acceptors (Lipinski definition) is 1. The van der Waals surface area contributed by atoms with Gasteiger partial charge in [0.25, 0.3) is 0 Å². The quantitative estimate of drug-likeness (QED) is 0.755. The largest absolute Gasteiger partial charge is 0.337 e. The molecule has 2 nitrogen and oxygen atoms in total. The van der Waals surface area contributed by atoms with Crippen molar-refractivity contribution in [3.63, 3.8) is 0 Å². The lowest BCUT2D eigenvalue weighted by molar-refractivity contribution is 0.325. The molecule has 0 saturated heterocycles. The summed E-state index contributed by atoms with van der Waals surface area (Å²) < 4.78 is 3.08. The van der Waals surface area contributed by atoms with Crippen LogP contribution in [-0.2, 0) is 5.54 Å². The van der Waals surface area contributed by atoms with Crippen molar-refractivity contribution in [2.75, 3.05) is 0 Å². The zero-order valence-electron chi connectivity index (χ0n) is 9.72. The zero-order chi connectivity index (χ0) is 10.9. The second-order valence-electron chi connectivity index (χ2n) is 4.67. The van der Waals surface area contributed by atoms with Gasteiger partial charge in [-0.25, -0.2) is 0 Å². The standard InChI is InChI=1S/C11H20N2S/c1-6-11(4,5)13-9(8(2)3)7-12-10(13)14/h7-8H,6H2,1-5H3,(H,12,14). The highest BCUT2D eigenvalue weighted by Crippen LogP contribution is 2.26. The van der Waals surface area contributed by atoms with E-state index in [0.717, 1.165) is 11.2 Å². The normalized spacial score (nSPS) is 12.4. The summed E-state index contributed by atoms with van der Waals surface area (Å²) in [5, 5.41) is 0. The zero-order valence-corrected chi connectivity index (χ0v) is 10.5. The summed E-state index contributed by atoms with van der Waals surface area (Å²) in [6.45, 7) is 11.0. The fraction of sp³-hybridized carbons (Fsp3) is 0.727. The summed E-state index contributed by atoms with van der Waals surface area (Å²) in [5.74, 6) is 0.508. The van der Waals surface area contributed by atoms with E-state index in [0.29, 0.717) is 5.92 Å². The van der Waals surface area contributed by atoms with Gasteiger partial charge in [0.15, 0.2) is 4.77 Å². The molecule has 0 bridgehead atoms. The number of nitrogens with one attached hydrogen (secondary N) is 1. The van der Waals surface area contributed by atoms with Crippen LogP contribution in [0.25, 0.3) is 0 Å². The Kier molecular flexibility index (Phi) is 3.20. The van der Waals surface area contributed by atoms with Crippen molar-refractivity contribution < 1.29 is 0 Å². The smallest absolute Gasteiger partial charge is 0.177 e. The summed E-state index contributed by atoms with van der Waals surface area (Å²) >= 11 is 5.31. The van der Waals surface area contributed by atoms with Crippen molar-refractivity contribution in [3.8, 4) is 0 Å². The SMILES string of the molecule is CCC(C)(C)n1c(C(C)C)c[nH]c1=S. The minimum absolute atomic E-state index is 0.108. The van der Waals surface area contributed by atoms with E-state index < -0.39 is 0 Å². The molecule has 3 heteroatoms. The first-order chi connectivity index (χ1) is 6.40. The third-order valence-corrected chi connectivity index (χ3v) is 3.17. The van der Waals surface area contributed by atoms with E-state index in [1.807, 2.05) is 6.20 Å². The van der Waals surface area contributed by atoms with Gasteiger partial charge < -0.3 is 9.55 Å². The number of imidazole rings is 1. The van der Waals surface area contributed by atoms with Gasteiger partial charge in [0.2, 0.25) is 0 Å². The van der Waals surface area contributed by atoms with Crippen LogP contribution in [0.2, 0.25) is 0 Å². The van der Waals surface area contributed by atoms with Crippen molar-refractivity contribution in [1.82, 2.24) is 9.55 Å². The lowest BCUT2D eigenvalue weighted by Gasteiger charge is -2.28. The van der Waals surface area contributed by atoms with Gasteiger partial charge in [0.05, 0.1) is 0 Å². The first-order valence-corrected chi connectivity index (χ1v) is 5.61. The topological polar surface area (TPSA) is 20.7 Å². The molecule has 80 valence electrons. The van der Waals surface area contributed by atoms with E-state index in [1.54, 1.807) is 0 Å². The van der Waals surface area contributed by atoms with Gasteiger partial charge in [-0.05, 0) is 38.4 Å². The van der Waals surface area contributed by atoms with Crippen molar-refractivity contribution >= 4 is 12.2 Å². The Labute approximate surface area is 91.3 Å². The Balaban J connectivity index is 3.31. The van der Waals surface area contributed by atoms with Gasteiger partial charge in [-0.15, -0.1) is 0 Å². The van der Waals surface area contributed by atoms with Crippen LogP contribution in [0.4, 0.5) is 0 Å². The number of nitrogens with zero attached hydrogens (tertiary/aromatic N) is 1. The Hall–Kier alpha value is -0.570. The molecular weight excluding hydrogens is 192 g/mol. The van der Waals surface area contributed by atoms with Crippen molar-refractivity contribution in [1.29, 1.82) is 0 Å². The van der Waals surface area contributed by atoms with Gasteiger partial charge in [-0.2, -0.15) is 0 Å². The highest BCUT2D eigenvalue weighted by atomic mass is 32.1. The average molecular weight is 212 g/mol. The molecule has 1 N–H and O–H groups in total. The van der Waals surface area contributed by atoms with E-state index in [-0.39, 0.29) is 5.54 Å². The van der Waals surface area contributed by atoms with Crippen molar-refractivity contribution in [3.05, 3.63) is 16.7 Å². The van der Waals surface area contributed by atoms with Crippen LogP contribution in [0.1, 0.15) is 52.7 Å². The maximum absolute atomic E-state index is 5.31. The predicted octanol–water partition coefficient (Wildman–Crippen LogP) is 3.81. The molecule has 14 heavy (non-hydrogen) atoms. The molecule has 1 aromatic heterocycles. The molecule has 0 aliphatic heterocycles. The highest BCUT2D eigenvalue weighted by molar-refractivity contribution is 7.71. The molecule has 0 atom stereocenters. The van der Waals surface area contributed by atoms with E-state index in [4.69, 9.17) is 12.2 Å². The van der Waals surface area contributed by atoms with Crippen LogP contribution in [0, 0.1) is 4.77 Å². The minimum Gasteiger partial charge on any atom is -0.337 e. The van der Waals surface area contributed by atoms with E-state index in [2.05, 4.69) is 44.2 Å². The van der Waals surface area contributed by atoms with E-state index >= 15 is 0 Å². The summed E-state index contributed by atoms with van der Waals surface area (Å²) in [6, 6.07) is 0. The van der Waals surface area contributed by atoms with Gasteiger partial charge in [-0.1, -0.05) is 20.8 Å². The number of H-pyrrole nitrogens is 1. The van der Waals surface area contributed by atoms with Crippen LogP contribution in [0.3, 0.4) is 0 Å². The van der Waals surface area contributed by atoms with Gasteiger partial charge >= 0.3 is 0 Å². The van der Waals surface area contributed by atoms with Crippen molar-refractivity contribution in [2.45, 2.75) is 52.5 Å². The first-order valence-electron chi connectivity index (χ1n) is 5.21. The lowest BCUT2D eigenvalue weighted by Crippen LogP contribution is -2.27. The molecule has 0 aliphatic rings. The Morgan fingerprint density at radius 1 is 1.50 bits per heavy atom. The lowest BCUT2D eigenvalue weighted by atomic mass is 10.00. The van der Waals surface area contributed by atoms with Crippen LogP contribution < -0.4 is 0 Å². The second kappa shape index (κ2) is 3.89. The van der Waals surface area contributed by atoms with Gasteiger partial charge in [-0.3, -0.25) is 0 Å². The Bertz CT molecular complexity index is 358. The molecule has 0 spiro atoms. The maximum atomic E-state index is 5.31. The van der Waals surface area contributed by atoms with Crippen LogP contribution in [0.5, 0.6) is 0 Å². The molecule has 0 aromatic carbocycles. The van der Waals surface area contributed by atoms with Crippen LogP contribution in [-0.4, -0.2) is 9.55 Å². The number of rotatable bonds is 3. The molecule has 0 saturated carbocycles. The monoisotopic (exact) mass is 212 g/mol. The number of aromatic amines is 1. The molecule has 0 unspecified atom stereocenters. The molecule has 1 aromatic rings. The van der Waals surface area contributed by atoms with Crippen LogP contribution in [0.15, 0.2) is 6.20 Å². The summed E-state index contributed by atoms with van der Waals surface area (Å²) in [7, 11) is 0. The fourth-order valence-corrected chi connectivity index (χ4v) is 2.00. The third kappa shape index (κ3) is 1.92. The average Bonchev–Trinajstić information content (AvgIpc) is 2.47. The number of aromatic nitrogens is 2. The van der Waals surface area contributed by atoms with Crippen LogP contribution >= 0.6 is 12.2 Å². The first kappa shape index (κ1) is 11.5.